The van der Waals surface area contributed by atoms with Crippen molar-refractivity contribution in [2.75, 3.05) is 26.0 Å². The zero-order chi connectivity index (χ0) is 16.7. The van der Waals surface area contributed by atoms with Gasteiger partial charge in [0.2, 0.25) is 0 Å². The zero-order valence-electron chi connectivity index (χ0n) is 14.1. The molecule has 0 radical (unpaired) electrons. The van der Waals surface area contributed by atoms with E-state index in [2.05, 4.69) is 80.2 Å². The Kier molecular flexibility index (Phi) is 6.56. The molecule has 0 fully saturated rings. The molecular weight excluding hydrogens is 302 g/mol. The lowest BCUT2D eigenvalue weighted by Gasteiger charge is -2.22. The van der Waals surface area contributed by atoms with E-state index in [-0.39, 0.29) is 6.04 Å². The van der Waals surface area contributed by atoms with Crippen LogP contribution in [0.4, 0.5) is 5.69 Å². The van der Waals surface area contributed by atoms with Gasteiger partial charge < -0.3 is 15.5 Å². The average Bonchev–Trinajstić information content (AvgIpc) is 2.55. The maximum atomic E-state index is 5.49. The highest BCUT2D eigenvalue weighted by atomic mass is 32.1. The number of anilines is 1. The molecule has 4 heteroatoms. The van der Waals surface area contributed by atoms with E-state index in [1.54, 1.807) is 0 Å². The summed E-state index contributed by atoms with van der Waals surface area (Å²) in [6.45, 7) is 3.11. The third-order valence-electron chi connectivity index (χ3n) is 3.74. The SMILES string of the molecule is CCc1ccc(NC(=S)N[C@H](C[NH+](C)C)c2ccccc2)cc1. The number of hydrogen-bond acceptors (Lipinski definition) is 1. The minimum absolute atomic E-state index is 0.191. The van der Waals surface area contributed by atoms with Gasteiger partial charge in [0.05, 0.1) is 14.1 Å². The first-order chi connectivity index (χ1) is 11.1. The van der Waals surface area contributed by atoms with Gasteiger partial charge in [-0.05, 0) is 41.9 Å². The van der Waals surface area contributed by atoms with Crippen LogP contribution in [0, 0.1) is 0 Å². The highest BCUT2D eigenvalue weighted by Crippen LogP contribution is 2.13. The third kappa shape index (κ3) is 5.66. The smallest absolute Gasteiger partial charge is 0.171 e. The average molecular weight is 329 g/mol. The van der Waals surface area contributed by atoms with Crippen LogP contribution in [0.3, 0.4) is 0 Å². The van der Waals surface area contributed by atoms with E-state index in [0.717, 1.165) is 18.7 Å². The molecule has 0 heterocycles. The van der Waals surface area contributed by atoms with Crippen molar-refractivity contribution in [3.8, 4) is 0 Å². The molecule has 122 valence electrons. The Balaban J connectivity index is 2.02. The number of quaternary nitrogens is 1. The van der Waals surface area contributed by atoms with Crippen LogP contribution >= 0.6 is 12.2 Å². The summed E-state index contributed by atoms with van der Waals surface area (Å²) in [5.41, 5.74) is 3.59. The molecule has 0 aliphatic rings. The van der Waals surface area contributed by atoms with Gasteiger partial charge in [0.25, 0.3) is 0 Å². The second-order valence-electron chi connectivity index (χ2n) is 6.02. The molecule has 0 spiro atoms. The Hall–Kier alpha value is -1.91. The van der Waals surface area contributed by atoms with E-state index in [1.807, 2.05) is 6.07 Å². The quantitative estimate of drug-likeness (QED) is 0.711. The summed E-state index contributed by atoms with van der Waals surface area (Å²) in [4.78, 5) is 1.38. The van der Waals surface area contributed by atoms with Crippen molar-refractivity contribution in [2.24, 2.45) is 0 Å². The Morgan fingerprint density at radius 2 is 1.70 bits per heavy atom. The van der Waals surface area contributed by atoms with E-state index < -0.39 is 0 Å². The van der Waals surface area contributed by atoms with Crippen molar-refractivity contribution in [1.29, 1.82) is 0 Å². The molecule has 3 nitrogen and oxygen atoms in total. The molecule has 2 rings (SSSR count). The Bertz CT molecular complexity index is 608. The second kappa shape index (κ2) is 8.65. The normalized spacial score (nSPS) is 12.0. The van der Waals surface area contributed by atoms with Crippen molar-refractivity contribution < 1.29 is 4.90 Å². The molecule has 23 heavy (non-hydrogen) atoms. The first-order valence-electron chi connectivity index (χ1n) is 8.09. The van der Waals surface area contributed by atoms with E-state index in [9.17, 15) is 0 Å². The number of hydrogen-bond donors (Lipinski definition) is 3. The van der Waals surface area contributed by atoms with Gasteiger partial charge in [-0.1, -0.05) is 49.4 Å². The van der Waals surface area contributed by atoms with E-state index in [1.165, 1.54) is 16.0 Å². The lowest BCUT2D eigenvalue weighted by molar-refractivity contribution is -0.860. The molecule has 0 saturated heterocycles. The minimum atomic E-state index is 0.191. The predicted octanol–water partition coefficient (Wildman–Crippen LogP) is 2.42. The van der Waals surface area contributed by atoms with Gasteiger partial charge in [-0.15, -0.1) is 0 Å². The van der Waals surface area contributed by atoms with Crippen LogP contribution in [-0.2, 0) is 6.42 Å². The topological polar surface area (TPSA) is 28.5 Å². The van der Waals surface area contributed by atoms with Crippen LogP contribution in [-0.4, -0.2) is 25.8 Å². The van der Waals surface area contributed by atoms with E-state index in [0.29, 0.717) is 5.11 Å². The lowest BCUT2D eigenvalue weighted by atomic mass is 10.1. The van der Waals surface area contributed by atoms with Crippen LogP contribution in [0.5, 0.6) is 0 Å². The molecule has 0 aliphatic carbocycles. The van der Waals surface area contributed by atoms with Crippen LogP contribution < -0.4 is 15.5 Å². The first kappa shape index (κ1) is 17.4. The molecule has 0 amide bonds. The molecule has 3 N–H and O–H groups in total. The number of nitrogens with one attached hydrogen (secondary N) is 3. The Morgan fingerprint density at radius 3 is 2.26 bits per heavy atom. The highest BCUT2D eigenvalue weighted by Gasteiger charge is 2.15. The van der Waals surface area contributed by atoms with Crippen molar-refractivity contribution in [3.05, 3.63) is 65.7 Å². The molecular formula is C19H26N3S+. The molecule has 0 bridgehead atoms. The van der Waals surface area contributed by atoms with Crippen LogP contribution in [0.2, 0.25) is 0 Å². The number of aryl methyl sites for hydroxylation is 1. The van der Waals surface area contributed by atoms with Crippen LogP contribution in [0.15, 0.2) is 54.6 Å². The van der Waals surface area contributed by atoms with Crippen molar-refractivity contribution in [3.63, 3.8) is 0 Å². The number of thiocarbonyl (C=S) groups is 1. The molecule has 2 aromatic rings. The summed E-state index contributed by atoms with van der Waals surface area (Å²) < 4.78 is 0. The summed E-state index contributed by atoms with van der Waals surface area (Å²) >= 11 is 5.49. The molecule has 2 aromatic carbocycles. The number of benzene rings is 2. The van der Waals surface area contributed by atoms with E-state index in [4.69, 9.17) is 12.2 Å². The molecule has 0 saturated carbocycles. The standard InChI is InChI=1S/C19H25N3S/c1-4-15-10-12-17(13-11-15)20-19(23)21-18(14-22(2)3)16-8-6-5-7-9-16/h5-13,18H,4,14H2,1-3H3,(H2,20,21,23)/p+1/t18-/m1/s1. The third-order valence-corrected chi connectivity index (χ3v) is 3.96. The lowest BCUT2D eigenvalue weighted by Crippen LogP contribution is -3.06. The summed E-state index contributed by atoms with van der Waals surface area (Å²) in [5.74, 6) is 0. The van der Waals surface area contributed by atoms with E-state index >= 15 is 0 Å². The largest absolute Gasteiger partial charge is 0.350 e. The fraction of sp³-hybridized carbons (Fsp3) is 0.316. The molecule has 0 unspecified atom stereocenters. The zero-order valence-corrected chi connectivity index (χ0v) is 14.9. The summed E-state index contributed by atoms with van der Waals surface area (Å²) in [5, 5.41) is 7.38. The second-order valence-corrected chi connectivity index (χ2v) is 6.43. The predicted molar refractivity (Wildman–Crippen MR) is 102 cm³/mol. The number of likely N-dealkylation sites (N-methyl/N-ethyl adjacent to an activating group) is 1. The van der Waals surface area contributed by atoms with Crippen LogP contribution in [0.25, 0.3) is 0 Å². The fourth-order valence-electron chi connectivity index (χ4n) is 2.50. The van der Waals surface area contributed by atoms with Gasteiger partial charge in [0.1, 0.15) is 12.6 Å². The van der Waals surface area contributed by atoms with Crippen LogP contribution in [0.1, 0.15) is 24.1 Å². The monoisotopic (exact) mass is 328 g/mol. The molecule has 1 atom stereocenters. The summed E-state index contributed by atoms with van der Waals surface area (Å²) in [6, 6.07) is 19.0. The maximum Gasteiger partial charge on any atom is 0.171 e. The Morgan fingerprint density at radius 1 is 1.04 bits per heavy atom. The van der Waals surface area contributed by atoms with Gasteiger partial charge in [0, 0.05) is 5.69 Å². The highest BCUT2D eigenvalue weighted by molar-refractivity contribution is 7.80. The van der Waals surface area contributed by atoms with Gasteiger partial charge in [-0.25, -0.2) is 0 Å². The van der Waals surface area contributed by atoms with Gasteiger partial charge in [0.15, 0.2) is 5.11 Å². The summed E-state index contributed by atoms with van der Waals surface area (Å²) in [6.07, 6.45) is 1.05. The van der Waals surface area contributed by atoms with Crippen molar-refractivity contribution in [2.45, 2.75) is 19.4 Å². The van der Waals surface area contributed by atoms with Crippen molar-refractivity contribution in [1.82, 2.24) is 5.32 Å². The first-order valence-corrected chi connectivity index (χ1v) is 8.49. The maximum absolute atomic E-state index is 5.49. The number of rotatable bonds is 6. The molecule has 0 aliphatic heterocycles. The van der Waals surface area contributed by atoms with Gasteiger partial charge in [-0.2, -0.15) is 0 Å². The molecule has 0 aromatic heterocycles. The van der Waals surface area contributed by atoms with Gasteiger partial charge >= 0.3 is 0 Å². The fourth-order valence-corrected chi connectivity index (χ4v) is 2.76. The Labute approximate surface area is 144 Å². The minimum Gasteiger partial charge on any atom is -0.350 e. The van der Waals surface area contributed by atoms with Gasteiger partial charge in [-0.3, -0.25) is 0 Å². The van der Waals surface area contributed by atoms with Crippen molar-refractivity contribution >= 4 is 23.0 Å². The summed E-state index contributed by atoms with van der Waals surface area (Å²) in [7, 11) is 4.30.